The van der Waals surface area contributed by atoms with Gasteiger partial charge in [0.2, 0.25) is 0 Å². The monoisotopic (exact) mass is 248 g/mol. The first kappa shape index (κ1) is 13.1. The van der Waals surface area contributed by atoms with E-state index in [0.29, 0.717) is 19.8 Å². The zero-order valence-corrected chi connectivity index (χ0v) is 11.1. The van der Waals surface area contributed by atoms with E-state index in [0.717, 1.165) is 18.4 Å². The van der Waals surface area contributed by atoms with E-state index >= 15 is 0 Å². The fourth-order valence-electron chi connectivity index (χ4n) is 2.26. The quantitative estimate of drug-likeness (QED) is 0.751. The van der Waals surface area contributed by atoms with Crippen LogP contribution in [0.4, 0.5) is 0 Å². The van der Waals surface area contributed by atoms with Crippen LogP contribution < -0.4 is 0 Å². The summed E-state index contributed by atoms with van der Waals surface area (Å²) in [4.78, 5) is 12.1. The van der Waals surface area contributed by atoms with Crippen LogP contribution in [0.3, 0.4) is 0 Å². The van der Waals surface area contributed by atoms with Crippen LogP contribution in [0, 0.1) is 0 Å². The predicted molar refractivity (Wildman–Crippen MR) is 69.6 cm³/mol. The summed E-state index contributed by atoms with van der Waals surface area (Å²) in [6, 6.07) is 8.26. The number of ether oxygens (including phenoxy) is 2. The topological polar surface area (TPSA) is 35.5 Å². The molecular formula is C15H20O3. The minimum absolute atomic E-state index is 0.167. The first-order valence-electron chi connectivity index (χ1n) is 6.57. The van der Waals surface area contributed by atoms with Crippen LogP contribution in [0.5, 0.6) is 0 Å². The van der Waals surface area contributed by atoms with Crippen molar-refractivity contribution in [3.63, 3.8) is 0 Å². The maximum Gasteiger partial charge on any atom is 0.321 e. The van der Waals surface area contributed by atoms with Crippen LogP contribution in [0.15, 0.2) is 24.3 Å². The van der Waals surface area contributed by atoms with E-state index in [9.17, 15) is 4.79 Å². The Bertz CT molecular complexity index is 404. The highest BCUT2D eigenvalue weighted by atomic mass is 16.6. The van der Waals surface area contributed by atoms with E-state index in [4.69, 9.17) is 9.47 Å². The van der Waals surface area contributed by atoms with Gasteiger partial charge in [0.1, 0.15) is 5.41 Å². The summed E-state index contributed by atoms with van der Waals surface area (Å²) < 4.78 is 10.4. The SMILES string of the molecule is CCCc1ccc(C2(C(=O)OCC)COC2)cc1. The van der Waals surface area contributed by atoms with Gasteiger partial charge in [-0.15, -0.1) is 0 Å². The van der Waals surface area contributed by atoms with Crippen molar-refractivity contribution >= 4 is 5.97 Å². The van der Waals surface area contributed by atoms with E-state index < -0.39 is 5.41 Å². The summed E-state index contributed by atoms with van der Waals surface area (Å²) in [6.45, 7) is 5.26. The lowest BCUT2D eigenvalue weighted by Crippen LogP contribution is -2.53. The molecule has 3 heteroatoms. The largest absolute Gasteiger partial charge is 0.465 e. The summed E-state index contributed by atoms with van der Waals surface area (Å²) >= 11 is 0. The van der Waals surface area contributed by atoms with Gasteiger partial charge in [0.05, 0.1) is 19.8 Å². The first-order chi connectivity index (χ1) is 8.73. The molecule has 3 nitrogen and oxygen atoms in total. The summed E-state index contributed by atoms with van der Waals surface area (Å²) in [5, 5.41) is 0. The van der Waals surface area contributed by atoms with Gasteiger partial charge in [-0.25, -0.2) is 0 Å². The molecule has 0 unspecified atom stereocenters. The highest BCUT2D eigenvalue weighted by Crippen LogP contribution is 2.34. The Labute approximate surface area is 108 Å². The van der Waals surface area contributed by atoms with Crippen molar-refractivity contribution < 1.29 is 14.3 Å². The second kappa shape index (κ2) is 5.53. The second-order valence-corrected chi connectivity index (χ2v) is 4.74. The molecule has 18 heavy (non-hydrogen) atoms. The van der Waals surface area contributed by atoms with Gasteiger partial charge < -0.3 is 9.47 Å². The van der Waals surface area contributed by atoms with Crippen molar-refractivity contribution in [1.82, 2.24) is 0 Å². The van der Waals surface area contributed by atoms with Gasteiger partial charge in [-0.3, -0.25) is 4.79 Å². The zero-order chi connectivity index (χ0) is 13.0. The Hall–Kier alpha value is -1.35. The van der Waals surface area contributed by atoms with Crippen LogP contribution in [0.2, 0.25) is 0 Å². The number of carbonyl (C=O) groups excluding carboxylic acids is 1. The number of carbonyl (C=O) groups is 1. The van der Waals surface area contributed by atoms with Gasteiger partial charge in [-0.2, -0.15) is 0 Å². The molecule has 0 N–H and O–H groups in total. The number of hydrogen-bond acceptors (Lipinski definition) is 3. The van der Waals surface area contributed by atoms with E-state index in [1.807, 2.05) is 19.1 Å². The second-order valence-electron chi connectivity index (χ2n) is 4.74. The average Bonchev–Trinajstić information content (AvgIpc) is 2.30. The van der Waals surface area contributed by atoms with E-state index in [2.05, 4.69) is 19.1 Å². The highest BCUT2D eigenvalue weighted by molar-refractivity contribution is 5.84. The van der Waals surface area contributed by atoms with Gasteiger partial charge in [0.25, 0.3) is 0 Å². The summed E-state index contributed by atoms with van der Waals surface area (Å²) in [7, 11) is 0. The number of esters is 1. The Morgan fingerprint density at radius 1 is 1.28 bits per heavy atom. The highest BCUT2D eigenvalue weighted by Gasteiger charge is 2.48. The Kier molecular flexibility index (Phi) is 4.02. The van der Waals surface area contributed by atoms with Crippen molar-refractivity contribution in [1.29, 1.82) is 0 Å². The molecular weight excluding hydrogens is 228 g/mol. The minimum atomic E-state index is -0.569. The molecule has 1 heterocycles. The number of benzene rings is 1. The fourth-order valence-corrected chi connectivity index (χ4v) is 2.26. The van der Waals surface area contributed by atoms with E-state index in [1.165, 1.54) is 5.56 Å². The molecule has 1 aliphatic rings. The summed E-state index contributed by atoms with van der Waals surface area (Å²) in [5.74, 6) is -0.167. The minimum Gasteiger partial charge on any atom is -0.465 e. The van der Waals surface area contributed by atoms with Crippen molar-refractivity contribution in [2.75, 3.05) is 19.8 Å². The Morgan fingerprint density at radius 3 is 2.39 bits per heavy atom. The third kappa shape index (κ3) is 2.27. The van der Waals surface area contributed by atoms with Gasteiger partial charge in [0, 0.05) is 0 Å². The molecule has 2 rings (SSSR count). The third-order valence-electron chi connectivity index (χ3n) is 3.41. The molecule has 0 saturated carbocycles. The number of rotatable bonds is 5. The Morgan fingerprint density at radius 2 is 1.94 bits per heavy atom. The molecule has 1 fully saturated rings. The Balaban J connectivity index is 2.19. The molecule has 0 atom stereocenters. The lowest BCUT2D eigenvalue weighted by molar-refractivity contribution is -0.169. The molecule has 0 amide bonds. The molecule has 0 aliphatic carbocycles. The number of hydrogen-bond donors (Lipinski definition) is 0. The molecule has 0 bridgehead atoms. The molecule has 1 aromatic rings. The van der Waals surface area contributed by atoms with Crippen molar-refractivity contribution in [3.05, 3.63) is 35.4 Å². The van der Waals surface area contributed by atoms with Crippen LogP contribution in [0.1, 0.15) is 31.4 Å². The molecule has 1 aliphatic heterocycles. The normalized spacial score (nSPS) is 17.0. The van der Waals surface area contributed by atoms with Gasteiger partial charge in [0.15, 0.2) is 0 Å². The van der Waals surface area contributed by atoms with Crippen molar-refractivity contribution in [2.24, 2.45) is 0 Å². The molecule has 0 aromatic heterocycles. The fraction of sp³-hybridized carbons (Fsp3) is 0.533. The van der Waals surface area contributed by atoms with Gasteiger partial charge in [-0.05, 0) is 24.5 Å². The first-order valence-corrected chi connectivity index (χ1v) is 6.57. The molecule has 0 radical (unpaired) electrons. The van der Waals surface area contributed by atoms with Gasteiger partial charge in [-0.1, -0.05) is 37.6 Å². The van der Waals surface area contributed by atoms with Crippen LogP contribution >= 0.6 is 0 Å². The maximum atomic E-state index is 12.1. The van der Waals surface area contributed by atoms with Crippen LogP contribution in [-0.4, -0.2) is 25.8 Å². The smallest absolute Gasteiger partial charge is 0.321 e. The lowest BCUT2D eigenvalue weighted by Gasteiger charge is -2.39. The van der Waals surface area contributed by atoms with E-state index in [1.54, 1.807) is 0 Å². The number of aryl methyl sites for hydroxylation is 1. The molecule has 0 spiro atoms. The maximum absolute atomic E-state index is 12.1. The lowest BCUT2D eigenvalue weighted by atomic mass is 9.78. The molecule has 1 aromatic carbocycles. The van der Waals surface area contributed by atoms with Crippen LogP contribution in [-0.2, 0) is 26.1 Å². The van der Waals surface area contributed by atoms with Gasteiger partial charge >= 0.3 is 5.97 Å². The molecule has 98 valence electrons. The summed E-state index contributed by atoms with van der Waals surface area (Å²) in [5.41, 5.74) is 1.74. The predicted octanol–water partition coefficient (Wildman–Crippen LogP) is 2.47. The zero-order valence-electron chi connectivity index (χ0n) is 11.1. The van der Waals surface area contributed by atoms with Crippen molar-refractivity contribution in [2.45, 2.75) is 32.1 Å². The average molecular weight is 248 g/mol. The van der Waals surface area contributed by atoms with E-state index in [-0.39, 0.29) is 5.97 Å². The van der Waals surface area contributed by atoms with Crippen LogP contribution in [0.25, 0.3) is 0 Å². The van der Waals surface area contributed by atoms with Crippen molar-refractivity contribution in [3.8, 4) is 0 Å². The molecule has 1 saturated heterocycles. The standard InChI is InChI=1S/C15H20O3/c1-3-5-12-6-8-13(9-7-12)15(10-17-11-15)14(16)18-4-2/h6-9H,3-5,10-11H2,1-2H3. The third-order valence-corrected chi connectivity index (χ3v) is 3.41. The summed E-state index contributed by atoms with van der Waals surface area (Å²) in [6.07, 6.45) is 2.20.